The molecule has 2 heteroatoms. The third kappa shape index (κ3) is 4.92. The van der Waals surface area contributed by atoms with Gasteiger partial charge in [0.25, 0.3) is 0 Å². The first-order valence-electron chi connectivity index (χ1n) is 11.0. The molecular weight excluding hydrogens is 356 g/mol. The predicted molar refractivity (Wildman–Crippen MR) is 128 cm³/mol. The van der Waals surface area contributed by atoms with E-state index in [0.29, 0.717) is 0 Å². The Morgan fingerprint density at radius 3 is 1.03 bits per heavy atom. The van der Waals surface area contributed by atoms with Crippen molar-refractivity contribution in [3.63, 3.8) is 0 Å². The molecule has 0 radical (unpaired) electrons. The molecular formula is C27H44O2. The highest BCUT2D eigenvalue weighted by molar-refractivity contribution is 5.59. The van der Waals surface area contributed by atoms with Gasteiger partial charge >= 0.3 is 0 Å². The second kappa shape index (κ2) is 11.5. The average molecular weight is 401 g/mol. The molecule has 1 spiro atoms. The fraction of sp³-hybridized carbons (Fsp3) is 0.556. The molecule has 0 amide bonds. The van der Waals surface area contributed by atoms with E-state index in [-0.39, 0.29) is 16.2 Å². The minimum absolute atomic E-state index is 0.222. The van der Waals surface area contributed by atoms with E-state index in [0.717, 1.165) is 14.2 Å². The minimum atomic E-state index is 0.222. The molecule has 0 aliphatic heterocycles. The number of benzene rings is 2. The van der Waals surface area contributed by atoms with Crippen molar-refractivity contribution >= 4 is 0 Å². The number of aliphatic hydroxyl groups excluding tert-OH is 2. The van der Waals surface area contributed by atoms with Gasteiger partial charge in [-0.3, -0.25) is 0 Å². The smallest absolute Gasteiger partial charge is 0.0319 e. The highest BCUT2D eigenvalue weighted by Gasteiger charge is 2.55. The van der Waals surface area contributed by atoms with Gasteiger partial charge in [-0.15, -0.1) is 0 Å². The lowest BCUT2D eigenvalue weighted by Gasteiger charge is -2.30. The Hall–Kier alpha value is -1.64. The molecule has 29 heavy (non-hydrogen) atoms. The van der Waals surface area contributed by atoms with Crippen LogP contribution in [0.2, 0.25) is 0 Å². The lowest BCUT2D eigenvalue weighted by Crippen LogP contribution is -2.26. The van der Waals surface area contributed by atoms with E-state index in [1.165, 1.54) is 12.8 Å². The van der Waals surface area contributed by atoms with Crippen molar-refractivity contribution in [1.82, 2.24) is 0 Å². The summed E-state index contributed by atoms with van der Waals surface area (Å²) in [4.78, 5) is 0. The zero-order valence-electron chi connectivity index (χ0n) is 20.4. The van der Waals surface area contributed by atoms with Crippen LogP contribution < -0.4 is 0 Å². The van der Waals surface area contributed by atoms with E-state index < -0.39 is 0 Å². The van der Waals surface area contributed by atoms with E-state index in [1.54, 1.807) is 22.3 Å². The quantitative estimate of drug-likeness (QED) is 0.522. The summed E-state index contributed by atoms with van der Waals surface area (Å²) in [5, 5.41) is 14.0. The van der Waals surface area contributed by atoms with Crippen LogP contribution in [0.3, 0.4) is 0 Å². The fourth-order valence-corrected chi connectivity index (χ4v) is 5.27. The van der Waals surface area contributed by atoms with Crippen LogP contribution in [0.4, 0.5) is 0 Å². The molecule has 2 N–H and O–H groups in total. The molecule has 0 bridgehead atoms. The topological polar surface area (TPSA) is 40.5 Å². The molecule has 0 fully saturated rings. The zero-order valence-corrected chi connectivity index (χ0v) is 20.4. The second-order valence-corrected chi connectivity index (χ2v) is 8.29. The second-order valence-electron chi connectivity index (χ2n) is 8.29. The van der Waals surface area contributed by atoms with Crippen molar-refractivity contribution in [2.75, 3.05) is 14.2 Å². The van der Waals surface area contributed by atoms with Crippen LogP contribution >= 0.6 is 0 Å². The highest BCUT2D eigenvalue weighted by Crippen LogP contribution is 2.62. The van der Waals surface area contributed by atoms with E-state index in [2.05, 4.69) is 76.2 Å². The lowest BCUT2D eigenvalue weighted by molar-refractivity contribution is 0.349. The van der Waals surface area contributed by atoms with Gasteiger partial charge in [0.1, 0.15) is 0 Å². The van der Waals surface area contributed by atoms with Gasteiger partial charge < -0.3 is 10.2 Å². The molecule has 164 valence electrons. The number of hydrogen-bond acceptors (Lipinski definition) is 2. The van der Waals surface area contributed by atoms with Gasteiger partial charge in [-0.25, -0.2) is 0 Å². The molecule has 2 aliphatic carbocycles. The van der Waals surface area contributed by atoms with Gasteiger partial charge in [-0.05, 0) is 45.9 Å². The molecule has 2 aromatic rings. The van der Waals surface area contributed by atoms with Crippen LogP contribution in [0.1, 0.15) is 90.5 Å². The molecule has 2 nitrogen and oxygen atoms in total. The van der Waals surface area contributed by atoms with Crippen molar-refractivity contribution in [2.45, 2.75) is 84.5 Å². The number of fused-ring (bicyclic) bond motifs is 4. The highest BCUT2D eigenvalue weighted by atomic mass is 16.2. The fourth-order valence-electron chi connectivity index (χ4n) is 5.27. The molecule has 0 heterocycles. The van der Waals surface area contributed by atoms with Gasteiger partial charge in [0.2, 0.25) is 0 Å². The van der Waals surface area contributed by atoms with Gasteiger partial charge in [0.05, 0.1) is 0 Å². The maximum atomic E-state index is 7.00. The Labute approximate surface area is 180 Å². The summed E-state index contributed by atoms with van der Waals surface area (Å²) in [5.74, 6) is 0. The maximum Gasteiger partial charge on any atom is 0.0319 e. The molecule has 0 unspecified atom stereocenters. The SMILES string of the molecule is CC.CC.CC1(C)CC2(CC(C)(C)c3ccccc32)c2ccccc21.CO.CO. The molecule has 0 saturated carbocycles. The molecule has 0 atom stereocenters. The standard InChI is InChI=1S/C21H24.2C2H6.2CH4O/c1-19(2)13-21(17-11-7-5-9-15(17)19)14-20(3,4)16-10-6-8-12-18(16)21;4*1-2/h5-12H,13-14H2,1-4H3;2*1-2H3;2*2H,1H3. The molecule has 2 aliphatic rings. The third-order valence-electron chi connectivity index (χ3n) is 5.83. The Morgan fingerprint density at radius 2 is 0.759 bits per heavy atom. The van der Waals surface area contributed by atoms with Gasteiger partial charge in [0.15, 0.2) is 0 Å². The van der Waals surface area contributed by atoms with Gasteiger partial charge in [-0.2, -0.15) is 0 Å². The van der Waals surface area contributed by atoms with Crippen molar-refractivity contribution in [1.29, 1.82) is 0 Å². The van der Waals surface area contributed by atoms with E-state index in [9.17, 15) is 0 Å². The van der Waals surface area contributed by atoms with Crippen molar-refractivity contribution < 1.29 is 10.2 Å². The van der Waals surface area contributed by atoms with Gasteiger partial charge in [-0.1, -0.05) is 104 Å². The van der Waals surface area contributed by atoms with E-state index >= 15 is 0 Å². The Kier molecular flexibility index (Phi) is 10.9. The summed E-state index contributed by atoms with van der Waals surface area (Å²) >= 11 is 0. The normalized spacial score (nSPS) is 17.5. The number of hydrogen-bond donors (Lipinski definition) is 2. The third-order valence-corrected chi connectivity index (χ3v) is 5.83. The first-order chi connectivity index (χ1) is 13.9. The van der Waals surface area contributed by atoms with Crippen LogP contribution in [-0.2, 0) is 16.2 Å². The Morgan fingerprint density at radius 1 is 0.517 bits per heavy atom. The summed E-state index contributed by atoms with van der Waals surface area (Å²) in [7, 11) is 2.00. The average Bonchev–Trinajstić information content (AvgIpc) is 3.15. The first kappa shape index (κ1) is 27.4. The first-order valence-corrected chi connectivity index (χ1v) is 11.0. The molecule has 0 aromatic heterocycles. The molecule has 4 rings (SSSR count). The maximum absolute atomic E-state index is 7.00. The monoisotopic (exact) mass is 400 g/mol. The van der Waals surface area contributed by atoms with Crippen LogP contribution in [0.25, 0.3) is 0 Å². The van der Waals surface area contributed by atoms with Crippen LogP contribution in [0, 0.1) is 0 Å². The predicted octanol–water partition coefficient (Wildman–Crippen LogP) is 6.60. The van der Waals surface area contributed by atoms with Crippen molar-refractivity contribution in [3.8, 4) is 0 Å². The largest absolute Gasteiger partial charge is 0.400 e. The summed E-state index contributed by atoms with van der Waals surface area (Å²) < 4.78 is 0. The zero-order chi connectivity index (χ0) is 22.9. The summed E-state index contributed by atoms with van der Waals surface area (Å²) in [5.41, 5.74) is 7.02. The number of rotatable bonds is 0. The summed E-state index contributed by atoms with van der Waals surface area (Å²) in [6.45, 7) is 17.6. The summed E-state index contributed by atoms with van der Waals surface area (Å²) in [6.07, 6.45) is 2.47. The van der Waals surface area contributed by atoms with Crippen LogP contribution in [0.5, 0.6) is 0 Å². The van der Waals surface area contributed by atoms with Crippen molar-refractivity contribution in [3.05, 3.63) is 70.8 Å². The van der Waals surface area contributed by atoms with Crippen LogP contribution in [0.15, 0.2) is 48.5 Å². The lowest BCUT2D eigenvalue weighted by atomic mass is 9.72. The molecule has 2 aromatic carbocycles. The Bertz CT molecular complexity index is 665. The summed E-state index contributed by atoms with van der Waals surface area (Å²) in [6, 6.07) is 18.3. The van der Waals surface area contributed by atoms with E-state index in [1.807, 2.05) is 27.7 Å². The Balaban J connectivity index is 0.000000881. The molecule has 0 saturated heterocycles. The van der Waals surface area contributed by atoms with Gasteiger partial charge in [0, 0.05) is 19.6 Å². The van der Waals surface area contributed by atoms with Crippen LogP contribution in [-0.4, -0.2) is 24.4 Å². The number of aliphatic hydroxyl groups is 2. The van der Waals surface area contributed by atoms with E-state index in [4.69, 9.17) is 10.2 Å². The van der Waals surface area contributed by atoms with Crippen molar-refractivity contribution in [2.24, 2.45) is 0 Å². The minimum Gasteiger partial charge on any atom is -0.400 e.